The largest absolute Gasteiger partial charge is 0.496 e. The van der Waals surface area contributed by atoms with Gasteiger partial charge in [-0.25, -0.2) is 13.4 Å². The van der Waals surface area contributed by atoms with Gasteiger partial charge in [0, 0.05) is 23.0 Å². The Balaban J connectivity index is 1.94. The second-order valence-corrected chi connectivity index (χ2v) is 7.54. The van der Waals surface area contributed by atoms with E-state index in [0.717, 1.165) is 22.9 Å². The Bertz CT molecular complexity index is 759. The molecule has 2 aromatic rings. The summed E-state index contributed by atoms with van der Waals surface area (Å²) in [6.45, 7) is 0. The van der Waals surface area contributed by atoms with Crippen molar-refractivity contribution in [3.05, 3.63) is 30.5 Å². The number of aromatic nitrogens is 1. The van der Waals surface area contributed by atoms with Crippen LogP contribution >= 0.6 is 0 Å². The van der Waals surface area contributed by atoms with E-state index < -0.39 is 9.84 Å². The number of anilines is 1. The third kappa shape index (κ3) is 2.95. The van der Waals surface area contributed by atoms with Crippen molar-refractivity contribution in [3.8, 4) is 5.75 Å². The van der Waals surface area contributed by atoms with Gasteiger partial charge in [0.25, 0.3) is 0 Å². The maximum atomic E-state index is 11.7. The summed E-state index contributed by atoms with van der Waals surface area (Å²) in [4.78, 5) is 4.36. The Kier molecular flexibility index (Phi) is 3.71. The van der Waals surface area contributed by atoms with Gasteiger partial charge in [-0.1, -0.05) is 12.1 Å². The molecule has 21 heavy (non-hydrogen) atoms. The Hall–Kier alpha value is -1.82. The molecule has 0 spiro atoms. The molecule has 1 atom stereocenters. The van der Waals surface area contributed by atoms with Gasteiger partial charge in [0.1, 0.15) is 11.6 Å². The van der Waals surface area contributed by atoms with Crippen molar-refractivity contribution in [1.29, 1.82) is 0 Å². The lowest BCUT2D eigenvalue weighted by atomic mass is 10.1. The zero-order valence-electron chi connectivity index (χ0n) is 11.9. The molecule has 2 heterocycles. The molecule has 1 N–H and O–H groups in total. The molecule has 0 aliphatic carbocycles. The normalized spacial score (nSPS) is 21.1. The number of nitrogens with zero attached hydrogens (tertiary/aromatic N) is 1. The number of pyridine rings is 1. The molecule has 1 aliphatic heterocycles. The van der Waals surface area contributed by atoms with Gasteiger partial charge in [-0.2, -0.15) is 0 Å². The van der Waals surface area contributed by atoms with E-state index in [9.17, 15) is 8.42 Å². The Morgan fingerprint density at radius 3 is 2.90 bits per heavy atom. The Labute approximate surface area is 124 Å². The van der Waals surface area contributed by atoms with Crippen LogP contribution in [-0.2, 0) is 9.84 Å². The summed E-state index contributed by atoms with van der Waals surface area (Å²) in [5, 5.41) is 5.20. The van der Waals surface area contributed by atoms with Crippen LogP contribution in [0.25, 0.3) is 10.8 Å². The van der Waals surface area contributed by atoms with Gasteiger partial charge in [-0.3, -0.25) is 0 Å². The fourth-order valence-electron chi connectivity index (χ4n) is 2.80. The minimum atomic E-state index is -2.93. The summed E-state index contributed by atoms with van der Waals surface area (Å²) in [7, 11) is -1.30. The molecule has 1 aromatic heterocycles. The van der Waals surface area contributed by atoms with Crippen LogP contribution in [0.5, 0.6) is 5.75 Å². The van der Waals surface area contributed by atoms with Crippen molar-refractivity contribution in [1.82, 2.24) is 4.98 Å². The van der Waals surface area contributed by atoms with Gasteiger partial charge in [0.15, 0.2) is 9.84 Å². The zero-order chi connectivity index (χ0) is 14.9. The van der Waals surface area contributed by atoms with Crippen LogP contribution in [0, 0.1) is 0 Å². The molecule has 5 nitrogen and oxygen atoms in total. The molecule has 1 aromatic carbocycles. The van der Waals surface area contributed by atoms with E-state index in [-0.39, 0.29) is 11.8 Å². The van der Waals surface area contributed by atoms with Crippen molar-refractivity contribution in [2.75, 3.05) is 23.9 Å². The first kappa shape index (κ1) is 14.1. The number of ether oxygens (including phenoxy) is 1. The highest BCUT2D eigenvalue weighted by Crippen LogP contribution is 2.30. The molecule has 1 fully saturated rings. The highest BCUT2D eigenvalue weighted by atomic mass is 32.2. The van der Waals surface area contributed by atoms with Crippen LogP contribution in [0.2, 0.25) is 0 Å². The van der Waals surface area contributed by atoms with E-state index >= 15 is 0 Å². The quantitative estimate of drug-likeness (QED) is 0.942. The van der Waals surface area contributed by atoms with Crippen LogP contribution in [0.1, 0.15) is 12.8 Å². The van der Waals surface area contributed by atoms with Gasteiger partial charge < -0.3 is 10.1 Å². The van der Waals surface area contributed by atoms with Crippen molar-refractivity contribution in [2.45, 2.75) is 18.9 Å². The fraction of sp³-hybridized carbons (Fsp3) is 0.400. The molecule has 1 unspecified atom stereocenters. The summed E-state index contributed by atoms with van der Waals surface area (Å²) in [5.74, 6) is 1.97. The SMILES string of the molecule is COc1cccc2c(NC3CCCS(=O)(=O)C3)nccc12. The molecule has 0 saturated carbocycles. The van der Waals surface area contributed by atoms with Gasteiger partial charge >= 0.3 is 0 Å². The predicted octanol–water partition coefficient (Wildman–Crippen LogP) is 2.23. The van der Waals surface area contributed by atoms with E-state index in [4.69, 9.17) is 4.74 Å². The number of methoxy groups -OCH3 is 1. The van der Waals surface area contributed by atoms with Gasteiger partial charge in [-0.15, -0.1) is 0 Å². The molecule has 0 bridgehead atoms. The second kappa shape index (κ2) is 5.52. The predicted molar refractivity (Wildman–Crippen MR) is 83.6 cm³/mol. The standard InChI is InChI=1S/C15H18N2O3S/c1-20-14-6-2-5-13-12(14)7-8-16-15(13)17-11-4-3-9-21(18,19)10-11/h2,5-8,11H,3-4,9-10H2,1H3,(H,16,17). The average molecular weight is 306 g/mol. The summed E-state index contributed by atoms with van der Waals surface area (Å²) in [5.41, 5.74) is 0. The lowest BCUT2D eigenvalue weighted by molar-refractivity contribution is 0.420. The molecule has 0 amide bonds. The van der Waals surface area contributed by atoms with E-state index in [1.54, 1.807) is 13.3 Å². The maximum absolute atomic E-state index is 11.7. The van der Waals surface area contributed by atoms with Crippen molar-refractivity contribution < 1.29 is 13.2 Å². The van der Waals surface area contributed by atoms with Crippen molar-refractivity contribution in [2.24, 2.45) is 0 Å². The van der Waals surface area contributed by atoms with E-state index in [1.165, 1.54) is 0 Å². The van der Waals surface area contributed by atoms with Crippen LogP contribution in [0.15, 0.2) is 30.5 Å². The van der Waals surface area contributed by atoms with Crippen LogP contribution in [0.4, 0.5) is 5.82 Å². The fourth-order valence-corrected chi connectivity index (χ4v) is 4.44. The molecule has 1 saturated heterocycles. The minimum Gasteiger partial charge on any atom is -0.496 e. The summed E-state index contributed by atoms with van der Waals surface area (Å²) in [6, 6.07) is 7.60. The van der Waals surface area contributed by atoms with E-state index in [1.807, 2.05) is 24.3 Å². The van der Waals surface area contributed by atoms with Crippen molar-refractivity contribution >= 4 is 26.4 Å². The molecule has 3 rings (SSSR count). The van der Waals surface area contributed by atoms with Gasteiger partial charge in [0.2, 0.25) is 0 Å². The van der Waals surface area contributed by atoms with Crippen LogP contribution < -0.4 is 10.1 Å². The third-order valence-corrected chi connectivity index (χ3v) is 5.61. The van der Waals surface area contributed by atoms with Gasteiger partial charge in [-0.05, 0) is 25.0 Å². The molecule has 0 radical (unpaired) electrons. The second-order valence-electron chi connectivity index (χ2n) is 5.31. The van der Waals surface area contributed by atoms with Crippen molar-refractivity contribution in [3.63, 3.8) is 0 Å². The number of benzene rings is 1. The van der Waals surface area contributed by atoms with Crippen LogP contribution in [0.3, 0.4) is 0 Å². The lowest BCUT2D eigenvalue weighted by Crippen LogP contribution is -2.35. The zero-order valence-corrected chi connectivity index (χ0v) is 12.7. The number of rotatable bonds is 3. The monoisotopic (exact) mass is 306 g/mol. The highest BCUT2D eigenvalue weighted by molar-refractivity contribution is 7.91. The maximum Gasteiger partial charge on any atom is 0.152 e. The lowest BCUT2D eigenvalue weighted by Gasteiger charge is -2.24. The smallest absolute Gasteiger partial charge is 0.152 e. The molecular weight excluding hydrogens is 288 g/mol. The van der Waals surface area contributed by atoms with E-state index in [2.05, 4.69) is 10.3 Å². The number of hydrogen-bond donors (Lipinski definition) is 1. The number of sulfone groups is 1. The van der Waals surface area contributed by atoms with E-state index in [0.29, 0.717) is 18.0 Å². The summed E-state index contributed by atoms with van der Waals surface area (Å²) in [6.07, 6.45) is 3.26. The molecule has 1 aliphatic rings. The number of fused-ring (bicyclic) bond motifs is 1. The summed E-state index contributed by atoms with van der Waals surface area (Å²) >= 11 is 0. The number of nitrogens with one attached hydrogen (secondary N) is 1. The third-order valence-electron chi connectivity index (χ3n) is 3.79. The molecular formula is C15H18N2O3S. The Morgan fingerprint density at radius 2 is 2.14 bits per heavy atom. The first-order valence-corrected chi connectivity index (χ1v) is 8.80. The first-order valence-electron chi connectivity index (χ1n) is 6.98. The average Bonchev–Trinajstić information content (AvgIpc) is 2.46. The minimum absolute atomic E-state index is 0.0759. The molecule has 6 heteroatoms. The topological polar surface area (TPSA) is 68.3 Å². The first-order chi connectivity index (χ1) is 10.1. The Morgan fingerprint density at radius 1 is 1.29 bits per heavy atom. The number of hydrogen-bond acceptors (Lipinski definition) is 5. The van der Waals surface area contributed by atoms with Gasteiger partial charge in [0.05, 0.1) is 18.6 Å². The van der Waals surface area contributed by atoms with Crippen LogP contribution in [-0.4, -0.2) is 38.1 Å². The highest BCUT2D eigenvalue weighted by Gasteiger charge is 2.25. The summed E-state index contributed by atoms with van der Waals surface area (Å²) < 4.78 is 28.8. The molecule has 112 valence electrons.